The number of carbonyl (C=O) groups is 1. The molecule has 1 fully saturated rings. The van der Waals surface area contributed by atoms with Crippen LogP contribution in [0.4, 0.5) is 4.79 Å². The van der Waals surface area contributed by atoms with Gasteiger partial charge in [0.15, 0.2) is 0 Å². The Morgan fingerprint density at radius 2 is 1.96 bits per heavy atom. The van der Waals surface area contributed by atoms with Gasteiger partial charge in [0.25, 0.3) is 0 Å². The fourth-order valence-corrected chi connectivity index (χ4v) is 3.90. The molecule has 0 spiro atoms. The Morgan fingerprint density at radius 3 is 2.61 bits per heavy atom. The van der Waals surface area contributed by atoms with Crippen LogP contribution in [-0.2, 0) is 15.1 Å². The first-order valence-electron chi connectivity index (χ1n) is 10.1. The minimum Gasteiger partial charge on any atom is -0.508 e. The summed E-state index contributed by atoms with van der Waals surface area (Å²) in [7, 11) is 1.66. The Morgan fingerprint density at radius 1 is 1.25 bits per heavy atom. The predicted octanol–water partition coefficient (Wildman–Crippen LogP) is 4.04. The van der Waals surface area contributed by atoms with E-state index in [0.29, 0.717) is 31.7 Å². The molecular formula is C22H35NO5. The molecule has 1 aromatic carbocycles. The molecule has 6 heteroatoms. The van der Waals surface area contributed by atoms with Crippen molar-refractivity contribution in [3.05, 3.63) is 29.8 Å². The summed E-state index contributed by atoms with van der Waals surface area (Å²) in [6, 6.07) is 6.95. The number of phenols is 1. The first kappa shape index (κ1) is 22.5. The molecule has 1 aliphatic heterocycles. The molecule has 0 unspecified atom stereocenters. The number of hydrogen-bond donors (Lipinski definition) is 2. The van der Waals surface area contributed by atoms with Crippen LogP contribution in [0.3, 0.4) is 0 Å². The number of carbonyl (C=O) groups excluding carboxylic acids is 1. The van der Waals surface area contributed by atoms with Crippen molar-refractivity contribution >= 4 is 6.09 Å². The van der Waals surface area contributed by atoms with Crippen molar-refractivity contribution < 1.29 is 24.5 Å². The van der Waals surface area contributed by atoms with E-state index in [1.165, 1.54) is 0 Å². The van der Waals surface area contributed by atoms with Crippen LogP contribution in [0.1, 0.15) is 58.4 Å². The van der Waals surface area contributed by atoms with Crippen LogP contribution >= 0.6 is 0 Å². The molecule has 0 aliphatic carbocycles. The van der Waals surface area contributed by atoms with Gasteiger partial charge in [-0.15, -0.1) is 0 Å². The second-order valence-corrected chi connectivity index (χ2v) is 8.66. The number of aliphatic hydroxyl groups is 1. The Bertz CT molecular complexity index is 642. The highest BCUT2D eigenvalue weighted by Crippen LogP contribution is 2.43. The quantitative estimate of drug-likeness (QED) is 0.684. The van der Waals surface area contributed by atoms with Crippen LogP contribution in [0, 0.1) is 5.92 Å². The van der Waals surface area contributed by atoms with E-state index in [1.807, 2.05) is 26.8 Å². The van der Waals surface area contributed by atoms with E-state index in [0.717, 1.165) is 25.7 Å². The van der Waals surface area contributed by atoms with Crippen LogP contribution in [0.15, 0.2) is 24.3 Å². The summed E-state index contributed by atoms with van der Waals surface area (Å²) in [5.41, 5.74) is -1.23. The molecule has 0 saturated carbocycles. The zero-order valence-electron chi connectivity index (χ0n) is 17.6. The van der Waals surface area contributed by atoms with E-state index in [1.54, 1.807) is 30.2 Å². The second-order valence-electron chi connectivity index (χ2n) is 8.66. The zero-order valence-corrected chi connectivity index (χ0v) is 17.6. The number of unbranched alkanes of at least 4 members (excludes halogenated alkanes) is 1. The summed E-state index contributed by atoms with van der Waals surface area (Å²) in [5, 5.41) is 22.2. The largest absolute Gasteiger partial charge is 0.508 e. The van der Waals surface area contributed by atoms with Gasteiger partial charge in [-0.1, -0.05) is 18.2 Å². The molecule has 1 amide bonds. The van der Waals surface area contributed by atoms with E-state index >= 15 is 0 Å². The molecule has 0 bridgehead atoms. The maximum Gasteiger partial charge on any atom is 0.410 e. The van der Waals surface area contributed by atoms with E-state index in [9.17, 15) is 15.0 Å². The number of aromatic hydroxyl groups is 1. The molecule has 28 heavy (non-hydrogen) atoms. The standard InChI is InChI=1S/C22H35NO5/c1-21(2,3)28-20(25)23-14-9-10-17(16-23)22(26,13-7-8-15-27-4)18-11-5-6-12-19(18)24/h5-6,11-12,17,24,26H,7-10,13-16H2,1-4H3/t17-,22+/m1/s1. The molecule has 6 nitrogen and oxygen atoms in total. The van der Waals surface area contributed by atoms with Crippen molar-refractivity contribution in [1.29, 1.82) is 0 Å². The Balaban J connectivity index is 2.22. The van der Waals surface area contributed by atoms with Crippen molar-refractivity contribution in [1.82, 2.24) is 4.90 Å². The van der Waals surface area contributed by atoms with Gasteiger partial charge in [-0.3, -0.25) is 0 Å². The van der Waals surface area contributed by atoms with Gasteiger partial charge < -0.3 is 24.6 Å². The van der Waals surface area contributed by atoms with Gasteiger partial charge in [-0.05, 0) is 58.9 Å². The van der Waals surface area contributed by atoms with Crippen LogP contribution in [0.5, 0.6) is 5.75 Å². The molecule has 158 valence electrons. The molecule has 0 radical (unpaired) electrons. The smallest absolute Gasteiger partial charge is 0.410 e. The SMILES string of the molecule is COCCCC[C@@](O)(c1ccccc1O)[C@@H]1CCCN(C(=O)OC(C)(C)C)C1. The summed E-state index contributed by atoms with van der Waals surface area (Å²) >= 11 is 0. The van der Waals surface area contributed by atoms with Crippen LogP contribution in [0.2, 0.25) is 0 Å². The van der Waals surface area contributed by atoms with Crippen molar-refractivity contribution in [2.24, 2.45) is 5.92 Å². The van der Waals surface area contributed by atoms with Gasteiger partial charge in [-0.25, -0.2) is 4.79 Å². The number of benzene rings is 1. The number of para-hydroxylation sites is 1. The minimum atomic E-state index is -1.21. The third-order valence-electron chi connectivity index (χ3n) is 5.28. The lowest BCUT2D eigenvalue weighted by Gasteiger charge is -2.43. The van der Waals surface area contributed by atoms with Gasteiger partial charge in [0.1, 0.15) is 11.4 Å². The van der Waals surface area contributed by atoms with Crippen molar-refractivity contribution in [2.45, 2.75) is 64.1 Å². The fourth-order valence-electron chi connectivity index (χ4n) is 3.90. The van der Waals surface area contributed by atoms with Gasteiger partial charge in [0.05, 0.1) is 5.60 Å². The molecule has 1 heterocycles. The number of phenolic OH excluding ortho intramolecular Hbond substituents is 1. The van der Waals surface area contributed by atoms with E-state index in [4.69, 9.17) is 9.47 Å². The topological polar surface area (TPSA) is 79.2 Å². The molecule has 2 rings (SSSR count). The molecule has 1 saturated heterocycles. The van der Waals surface area contributed by atoms with Crippen LogP contribution in [-0.4, -0.2) is 53.6 Å². The predicted molar refractivity (Wildman–Crippen MR) is 108 cm³/mol. The summed E-state index contributed by atoms with van der Waals surface area (Å²) in [5.74, 6) is -0.0873. The van der Waals surface area contributed by atoms with Gasteiger partial charge in [0.2, 0.25) is 0 Å². The normalized spacial score (nSPS) is 19.9. The molecule has 1 aliphatic rings. The summed E-state index contributed by atoms with van der Waals surface area (Å²) < 4.78 is 10.6. The maximum atomic E-state index is 12.5. The Hall–Kier alpha value is -1.79. The Kier molecular flexibility index (Phi) is 7.72. The lowest BCUT2D eigenvalue weighted by atomic mass is 9.74. The first-order chi connectivity index (χ1) is 13.2. The summed E-state index contributed by atoms with van der Waals surface area (Å²) in [6.45, 7) is 7.20. The van der Waals surface area contributed by atoms with E-state index < -0.39 is 11.2 Å². The fraction of sp³-hybridized carbons (Fsp3) is 0.682. The maximum absolute atomic E-state index is 12.5. The lowest BCUT2D eigenvalue weighted by molar-refractivity contribution is -0.0653. The summed E-state index contributed by atoms with van der Waals surface area (Å²) in [6.07, 6.45) is 3.32. The number of nitrogens with zero attached hydrogens (tertiary/aromatic N) is 1. The second kappa shape index (κ2) is 9.61. The summed E-state index contributed by atoms with van der Waals surface area (Å²) in [4.78, 5) is 14.2. The highest BCUT2D eigenvalue weighted by Gasteiger charge is 2.43. The third-order valence-corrected chi connectivity index (χ3v) is 5.28. The van der Waals surface area contributed by atoms with Crippen molar-refractivity contribution in [2.75, 3.05) is 26.8 Å². The number of likely N-dealkylation sites (tertiary alicyclic amines) is 1. The number of hydrogen-bond acceptors (Lipinski definition) is 5. The molecule has 0 aromatic heterocycles. The average Bonchev–Trinajstić information content (AvgIpc) is 2.64. The molecule has 2 atom stereocenters. The Labute approximate surface area is 168 Å². The lowest BCUT2D eigenvalue weighted by Crippen LogP contribution is -2.49. The highest BCUT2D eigenvalue weighted by atomic mass is 16.6. The number of amides is 1. The van der Waals surface area contributed by atoms with E-state index in [-0.39, 0.29) is 17.8 Å². The number of methoxy groups -OCH3 is 1. The number of piperidine rings is 1. The van der Waals surface area contributed by atoms with Gasteiger partial charge in [-0.2, -0.15) is 0 Å². The first-order valence-corrected chi connectivity index (χ1v) is 10.1. The number of rotatable bonds is 7. The molecule has 1 aromatic rings. The monoisotopic (exact) mass is 393 g/mol. The van der Waals surface area contributed by atoms with Crippen molar-refractivity contribution in [3.8, 4) is 5.75 Å². The van der Waals surface area contributed by atoms with Gasteiger partial charge in [0, 0.05) is 38.3 Å². The number of ether oxygens (including phenoxy) is 2. The average molecular weight is 394 g/mol. The third kappa shape index (κ3) is 5.85. The van der Waals surface area contributed by atoms with Crippen LogP contribution in [0.25, 0.3) is 0 Å². The minimum absolute atomic E-state index is 0.0890. The molecule has 2 N–H and O–H groups in total. The van der Waals surface area contributed by atoms with E-state index in [2.05, 4.69) is 0 Å². The van der Waals surface area contributed by atoms with Crippen molar-refractivity contribution in [3.63, 3.8) is 0 Å². The zero-order chi connectivity index (χ0) is 20.8. The highest BCUT2D eigenvalue weighted by molar-refractivity contribution is 5.68. The molecular weight excluding hydrogens is 358 g/mol. The van der Waals surface area contributed by atoms with Crippen LogP contribution < -0.4 is 0 Å². The van der Waals surface area contributed by atoms with Gasteiger partial charge >= 0.3 is 6.09 Å².